The lowest BCUT2D eigenvalue weighted by Crippen LogP contribution is -2.19. The summed E-state index contributed by atoms with van der Waals surface area (Å²) in [7, 11) is 0. The highest BCUT2D eigenvalue weighted by atomic mass is 35.5. The smallest absolute Gasteiger partial charge is 0.0449 e. The van der Waals surface area contributed by atoms with Crippen molar-refractivity contribution in [2.24, 2.45) is 0 Å². The molecule has 0 saturated carbocycles. The predicted molar refractivity (Wildman–Crippen MR) is 89.1 cm³/mol. The minimum Gasteiger partial charge on any atom is -0.0843 e. The fourth-order valence-corrected chi connectivity index (χ4v) is 2.97. The van der Waals surface area contributed by atoms with Crippen molar-refractivity contribution in [3.05, 3.63) is 69.2 Å². The predicted octanol–water partition coefficient (Wildman–Crippen LogP) is 6.44. The summed E-state index contributed by atoms with van der Waals surface area (Å²) in [6, 6.07) is 14.4. The van der Waals surface area contributed by atoms with Crippen LogP contribution in [0.1, 0.15) is 50.3 Å². The van der Waals surface area contributed by atoms with E-state index in [1.54, 1.807) is 0 Å². The molecule has 0 nitrogen and oxygen atoms in total. The van der Waals surface area contributed by atoms with Crippen molar-refractivity contribution in [1.29, 1.82) is 0 Å². The summed E-state index contributed by atoms with van der Waals surface area (Å²) in [5.74, 6) is 0.486. The lowest BCUT2D eigenvalue weighted by atomic mass is 9.77. The summed E-state index contributed by atoms with van der Waals surface area (Å²) in [6.45, 7) is 8.73. The average Bonchev–Trinajstić information content (AvgIpc) is 2.38. The lowest BCUT2D eigenvalue weighted by molar-refractivity contribution is 0.640. The highest BCUT2D eigenvalue weighted by Gasteiger charge is 2.25. The van der Waals surface area contributed by atoms with Gasteiger partial charge < -0.3 is 0 Å². The first-order valence-corrected chi connectivity index (χ1v) is 7.64. The minimum atomic E-state index is -0.142. The molecule has 0 fully saturated rings. The topological polar surface area (TPSA) is 0 Å². The Bertz CT molecular complexity index is 595. The number of hydrogen-bond donors (Lipinski definition) is 0. The molecule has 0 heterocycles. The van der Waals surface area contributed by atoms with Crippen LogP contribution in [-0.2, 0) is 5.41 Å². The van der Waals surface area contributed by atoms with E-state index in [1.807, 2.05) is 12.1 Å². The first-order valence-electron chi connectivity index (χ1n) is 6.88. The van der Waals surface area contributed by atoms with Crippen LogP contribution >= 0.6 is 23.2 Å². The van der Waals surface area contributed by atoms with E-state index in [9.17, 15) is 0 Å². The van der Waals surface area contributed by atoms with Gasteiger partial charge in [-0.05, 0) is 40.8 Å². The SMILES string of the molecule is CC(C)c1ccc(C(C)(C)c2ccc(Cl)cc2)c(Cl)c1. The molecule has 0 amide bonds. The highest BCUT2D eigenvalue weighted by molar-refractivity contribution is 6.31. The molecular formula is C18H20Cl2. The molecule has 0 atom stereocenters. The van der Waals surface area contributed by atoms with Gasteiger partial charge in [0.05, 0.1) is 0 Å². The number of rotatable bonds is 3. The summed E-state index contributed by atoms with van der Waals surface area (Å²) in [5, 5.41) is 1.59. The molecule has 0 bridgehead atoms. The normalized spacial score (nSPS) is 11.9. The Kier molecular flexibility index (Phi) is 4.46. The lowest BCUT2D eigenvalue weighted by Gasteiger charge is -2.28. The van der Waals surface area contributed by atoms with Gasteiger partial charge in [0.2, 0.25) is 0 Å². The van der Waals surface area contributed by atoms with Crippen LogP contribution in [0.5, 0.6) is 0 Å². The Morgan fingerprint density at radius 3 is 2.00 bits per heavy atom. The summed E-state index contributed by atoms with van der Waals surface area (Å²) in [5.41, 5.74) is 3.48. The second-order valence-corrected chi connectivity index (χ2v) is 6.87. The second kappa shape index (κ2) is 5.79. The van der Waals surface area contributed by atoms with Crippen molar-refractivity contribution in [1.82, 2.24) is 0 Å². The van der Waals surface area contributed by atoms with Gasteiger partial charge in [-0.15, -0.1) is 0 Å². The molecular weight excluding hydrogens is 287 g/mol. The van der Waals surface area contributed by atoms with E-state index in [1.165, 1.54) is 11.1 Å². The maximum Gasteiger partial charge on any atom is 0.0449 e. The standard InChI is InChI=1S/C18H20Cl2/c1-12(2)13-5-10-16(17(20)11-13)18(3,4)14-6-8-15(19)9-7-14/h5-12H,1-4H3. The van der Waals surface area contributed by atoms with Crippen molar-refractivity contribution in [2.45, 2.75) is 39.0 Å². The Balaban J connectivity index is 2.46. The zero-order chi connectivity index (χ0) is 14.9. The van der Waals surface area contributed by atoms with Crippen molar-refractivity contribution >= 4 is 23.2 Å². The number of halogens is 2. The Hall–Kier alpha value is -0.980. The van der Waals surface area contributed by atoms with Gasteiger partial charge >= 0.3 is 0 Å². The van der Waals surface area contributed by atoms with Gasteiger partial charge in [0.1, 0.15) is 0 Å². The van der Waals surface area contributed by atoms with Crippen LogP contribution in [0.25, 0.3) is 0 Å². The zero-order valence-corrected chi connectivity index (χ0v) is 13.9. The number of benzene rings is 2. The molecule has 2 aromatic carbocycles. The molecule has 20 heavy (non-hydrogen) atoms. The molecule has 0 radical (unpaired) electrons. The summed E-state index contributed by atoms with van der Waals surface area (Å²) >= 11 is 12.5. The van der Waals surface area contributed by atoms with Crippen molar-refractivity contribution in [3.8, 4) is 0 Å². The Morgan fingerprint density at radius 1 is 0.900 bits per heavy atom. The Morgan fingerprint density at radius 2 is 1.50 bits per heavy atom. The second-order valence-electron chi connectivity index (χ2n) is 6.03. The minimum absolute atomic E-state index is 0.142. The molecule has 2 heteroatoms. The molecule has 0 aliphatic rings. The van der Waals surface area contributed by atoms with Crippen LogP contribution in [0.15, 0.2) is 42.5 Å². The molecule has 0 unspecified atom stereocenters. The van der Waals surface area contributed by atoms with E-state index in [-0.39, 0.29) is 5.41 Å². The van der Waals surface area contributed by atoms with Gasteiger partial charge in [0.15, 0.2) is 0 Å². The van der Waals surface area contributed by atoms with Crippen LogP contribution < -0.4 is 0 Å². The molecule has 0 N–H and O–H groups in total. The van der Waals surface area contributed by atoms with Crippen LogP contribution in [-0.4, -0.2) is 0 Å². The maximum atomic E-state index is 6.51. The van der Waals surface area contributed by atoms with E-state index in [2.05, 4.69) is 58.0 Å². The molecule has 2 aromatic rings. The molecule has 0 aliphatic heterocycles. The first kappa shape index (κ1) is 15.4. The van der Waals surface area contributed by atoms with Gasteiger partial charge in [-0.1, -0.05) is 75.2 Å². The molecule has 0 saturated heterocycles. The van der Waals surface area contributed by atoms with E-state index >= 15 is 0 Å². The molecule has 0 aromatic heterocycles. The van der Waals surface area contributed by atoms with E-state index in [0.717, 1.165) is 15.6 Å². The fourth-order valence-electron chi connectivity index (χ4n) is 2.42. The third-order valence-electron chi connectivity index (χ3n) is 3.90. The van der Waals surface area contributed by atoms with Crippen LogP contribution in [0.3, 0.4) is 0 Å². The first-order chi connectivity index (χ1) is 9.32. The van der Waals surface area contributed by atoms with Crippen molar-refractivity contribution in [3.63, 3.8) is 0 Å². The van der Waals surface area contributed by atoms with Gasteiger partial charge in [-0.2, -0.15) is 0 Å². The number of hydrogen-bond acceptors (Lipinski definition) is 0. The fraction of sp³-hybridized carbons (Fsp3) is 0.333. The third kappa shape index (κ3) is 3.02. The van der Waals surface area contributed by atoms with Gasteiger partial charge in [-0.25, -0.2) is 0 Å². The largest absolute Gasteiger partial charge is 0.0843 e. The van der Waals surface area contributed by atoms with Crippen LogP contribution in [0.2, 0.25) is 10.0 Å². The van der Waals surface area contributed by atoms with Gasteiger partial charge in [-0.3, -0.25) is 0 Å². The van der Waals surface area contributed by atoms with Crippen molar-refractivity contribution < 1.29 is 0 Å². The van der Waals surface area contributed by atoms with Crippen LogP contribution in [0.4, 0.5) is 0 Å². The van der Waals surface area contributed by atoms with Gasteiger partial charge in [0.25, 0.3) is 0 Å². The van der Waals surface area contributed by atoms with Crippen LogP contribution in [0, 0.1) is 0 Å². The summed E-state index contributed by atoms with van der Waals surface area (Å²) < 4.78 is 0. The van der Waals surface area contributed by atoms with E-state index in [0.29, 0.717) is 5.92 Å². The molecule has 0 aliphatic carbocycles. The molecule has 0 spiro atoms. The summed E-state index contributed by atoms with van der Waals surface area (Å²) in [6.07, 6.45) is 0. The van der Waals surface area contributed by atoms with Crippen molar-refractivity contribution in [2.75, 3.05) is 0 Å². The maximum absolute atomic E-state index is 6.51. The molecule has 2 rings (SSSR count). The zero-order valence-electron chi connectivity index (χ0n) is 12.4. The monoisotopic (exact) mass is 306 g/mol. The highest BCUT2D eigenvalue weighted by Crippen LogP contribution is 2.37. The van der Waals surface area contributed by atoms with E-state index in [4.69, 9.17) is 23.2 Å². The Labute approximate surface area is 131 Å². The summed E-state index contributed by atoms with van der Waals surface area (Å²) in [4.78, 5) is 0. The molecule has 106 valence electrons. The quantitative estimate of drug-likeness (QED) is 0.612. The van der Waals surface area contributed by atoms with E-state index < -0.39 is 0 Å². The third-order valence-corrected chi connectivity index (χ3v) is 4.46. The average molecular weight is 307 g/mol. The van der Waals surface area contributed by atoms with Gasteiger partial charge in [0, 0.05) is 15.5 Å².